The summed E-state index contributed by atoms with van der Waals surface area (Å²) in [5, 5.41) is 10.2. The van der Waals surface area contributed by atoms with E-state index >= 15 is 0 Å². The topological polar surface area (TPSA) is 112 Å². The van der Waals surface area contributed by atoms with Crippen LogP contribution in [0.15, 0.2) is 78.4 Å². The van der Waals surface area contributed by atoms with Gasteiger partial charge in [0.25, 0.3) is 11.8 Å². The van der Waals surface area contributed by atoms with Gasteiger partial charge in [-0.3, -0.25) is 28.9 Å². The minimum Gasteiger partial charge on any atom is -0.508 e. The molecule has 7 rings (SSSR count). The molecule has 2 aliphatic heterocycles. The number of aromatic hydroxyl groups is 1. The number of fused-ring (bicyclic) bond motifs is 4. The molecule has 1 N–H and O–H groups in total. The molecule has 4 amide bonds. The first-order valence-electron chi connectivity index (χ1n) is 14.5. The summed E-state index contributed by atoms with van der Waals surface area (Å²) < 4.78 is 13.8. The molecule has 2 heterocycles. The van der Waals surface area contributed by atoms with E-state index in [1.807, 2.05) is 0 Å². The van der Waals surface area contributed by atoms with Gasteiger partial charge in [-0.25, -0.2) is 9.29 Å². The summed E-state index contributed by atoms with van der Waals surface area (Å²) in [4.78, 5) is 66.1. The number of carbonyl (C=O) groups is 5. The number of amides is 4. The van der Waals surface area contributed by atoms with E-state index in [4.69, 9.17) is 34.8 Å². The predicted molar refractivity (Wildman–Crippen MR) is 169 cm³/mol. The fourth-order valence-electron chi connectivity index (χ4n) is 7.59. The summed E-state index contributed by atoms with van der Waals surface area (Å²) in [6, 6.07) is 15.0. The number of allylic oxidation sites excluding steroid dienone is 2. The van der Waals surface area contributed by atoms with Gasteiger partial charge in [0.1, 0.15) is 11.6 Å². The molecular weight excluding hydrogens is 658 g/mol. The average molecular weight is 682 g/mol. The van der Waals surface area contributed by atoms with Gasteiger partial charge < -0.3 is 5.11 Å². The van der Waals surface area contributed by atoms with Gasteiger partial charge in [0.15, 0.2) is 15.5 Å². The van der Waals surface area contributed by atoms with Crippen LogP contribution in [0.25, 0.3) is 0 Å². The van der Waals surface area contributed by atoms with Crippen LogP contribution >= 0.6 is 34.8 Å². The van der Waals surface area contributed by atoms with Crippen LogP contribution in [0.5, 0.6) is 5.75 Å². The van der Waals surface area contributed by atoms with E-state index in [1.54, 1.807) is 6.08 Å². The number of nitrogens with zero attached hydrogens (tertiary/aromatic N) is 2. The molecule has 6 atom stereocenters. The van der Waals surface area contributed by atoms with Crippen LogP contribution in [-0.4, -0.2) is 44.3 Å². The van der Waals surface area contributed by atoms with Crippen molar-refractivity contribution >= 4 is 75.6 Å². The third-order valence-corrected chi connectivity index (χ3v) is 11.5. The largest absolute Gasteiger partial charge is 0.508 e. The van der Waals surface area contributed by atoms with E-state index in [1.165, 1.54) is 61.5 Å². The highest BCUT2D eigenvalue weighted by atomic mass is 35.5. The Balaban J connectivity index is 1.38. The molecule has 3 aromatic carbocycles. The third kappa shape index (κ3) is 4.08. The van der Waals surface area contributed by atoms with Crippen LogP contribution in [-0.2, 0) is 19.2 Å². The van der Waals surface area contributed by atoms with Crippen molar-refractivity contribution < 1.29 is 33.5 Å². The summed E-state index contributed by atoms with van der Waals surface area (Å²) in [7, 11) is 0. The van der Waals surface area contributed by atoms with Gasteiger partial charge in [0.05, 0.1) is 23.2 Å². The number of carbonyl (C=O) groups excluding carboxylic acids is 5. The number of alkyl halides is 2. The highest BCUT2D eigenvalue weighted by Gasteiger charge is 2.76. The number of benzene rings is 3. The van der Waals surface area contributed by atoms with Crippen molar-refractivity contribution in [3.63, 3.8) is 0 Å². The molecule has 0 spiro atoms. The fraction of sp³-hybridized carbons (Fsp3) is 0.265. The molecule has 8 nitrogen and oxygen atoms in total. The average Bonchev–Trinajstić information content (AvgIpc) is 3.36. The van der Waals surface area contributed by atoms with E-state index in [9.17, 15) is 33.5 Å². The summed E-state index contributed by atoms with van der Waals surface area (Å²) in [5.74, 6) is -7.23. The van der Waals surface area contributed by atoms with Crippen molar-refractivity contribution in [1.29, 1.82) is 0 Å². The highest BCUT2D eigenvalue weighted by molar-refractivity contribution is 6.58. The molecule has 0 aromatic heterocycles. The Morgan fingerprint density at radius 1 is 0.870 bits per heavy atom. The molecule has 0 bridgehead atoms. The van der Waals surface area contributed by atoms with Gasteiger partial charge in [0.2, 0.25) is 11.8 Å². The number of halogens is 4. The van der Waals surface area contributed by atoms with Crippen LogP contribution in [0, 0.1) is 23.6 Å². The van der Waals surface area contributed by atoms with Gasteiger partial charge in [-0.1, -0.05) is 29.3 Å². The lowest BCUT2D eigenvalue weighted by atomic mass is 9.56. The van der Waals surface area contributed by atoms with Gasteiger partial charge in [-0.15, -0.1) is 23.2 Å². The number of phenolic OH excluding ortho intramolecular Hbond substituents is 1. The van der Waals surface area contributed by atoms with Crippen LogP contribution < -0.4 is 9.80 Å². The molecule has 12 heteroatoms. The van der Waals surface area contributed by atoms with E-state index < -0.39 is 62.9 Å². The number of ketones is 1. The van der Waals surface area contributed by atoms with Gasteiger partial charge >= 0.3 is 0 Å². The fourth-order valence-corrected chi connectivity index (χ4v) is 8.80. The van der Waals surface area contributed by atoms with Crippen molar-refractivity contribution in [3.05, 3.63) is 100 Å². The second kappa shape index (κ2) is 10.5. The van der Waals surface area contributed by atoms with Crippen LogP contribution in [0.4, 0.5) is 15.8 Å². The maximum absolute atomic E-state index is 14.4. The van der Waals surface area contributed by atoms with Gasteiger partial charge in [-0.2, -0.15) is 0 Å². The molecule has 2 saturated heterocycles. The Hall–Kier alpha value is -4.05. The van der Waals surface area contributed by atoms with Crippen molar-refractivity contribution in [2.45, 2.75) is 35.4 Å². The van der Waals surface area contributed by atoms with E-state index in [-0.39, 0.29) is 35.1 Å². The number of hydrogen-bond donors (Lipinski definition) is 1. The first-order valence-corrected chi connectivity index (χ1v) is 15.6. The normalized spacial score (nSPS) is 30.2. The summed E-state index contributed by atoms with van der Waals surface area (Å²) >= 11 is 21.3. The minimum atomic E-state index is -2.15. The molecule has 0 radical (unpaired) electrons. The second-order valence-electron chi connectivity index (χ2n) is 12.1. The Labute approximate surface area is 277 Å². The predicted octanol–water partition coefficient (Wildman–Crippen LogP) is 6.16. The van der Waals surface area contributed by atoms with Crippen molar-refractivity contribution in [2.75, 3.05) is 9.80 Å². The Kier molecular flexibility index (Phi) is 6.97. The van der Waals surface area contributed by atoms with Crippen molar-refractivity contribution in [3.8, 4) is 5.75 Å². The lowest BCUT2D eigenvalue weighted by Crippen LogP contribution is -2.60. The van der Waals surface area contributed by atoms with Crippen molar-refractivity contribution in [2.24, 2.45) is 17.8 Å². The van der Waals surface area contributed by atoms with Gasteiger partial charge in [-0.05, 0) is 91.9 Å². The van der Waals surface area contributed by atoms with Gasteiger partial charge in [0, 0.05) is 16.5 Å². The molecule has 3 fully saturated rings. The lowest BCUT2D eigenvalue weighted by molar-refractivity contribution is -0.125. The Bertz CT molecular complexity index is 1910. The first kappa shape index (κ1) is 30.6. The maximum atomic E-state index is 14.4. The van der Waals surface area contributed by atoms with E-state index in [0.717, 1.165) is 21.9 Å². The summed E-state index contributed by atoms with van der Waals surface area (Å²) in [6.07, 6.45) is 1.66. The SMILES string of the molecule is CC(=O)c1ccc(N2C(=O)C3CC=C4C(CC5(Cl)C(=O)N(c6ccc(F)cc6)C(=O)C5(Cl)C4c4ccc(O)cc4Cl)C3C2=O)cc1. The highest BCUT2D eigenvalue weighted by Crippen LogP contribution is 2.66. The molecule has 3 aromatic rings. The zero-order valence-electron chi connectivity index (χ0n) is 24.0. The molecular formula is C34H24Cl3FN2O6. The maximum Gasteiger partial charge on any atom is 0.258 e. The summed E-state index contributed by atoms with van der Waals surface area (Å²) in [6.45, 7) is 1.41. The number of phenols is 1. The zero-order chi connectivity index (χ0) is 32.9. The quantitative estimate of drug-likeness (QED) is 0.153. The zero-order valence-corrected chi connectivity index (χ0v) is 26.3. The smallest absolute Gasteiger partial charge is 0.258 e. The third-order valence-electron chi connectivity index (χ3n) is 9.72. The van der Waals surface area contributed by atoms with Crippen molar-refractivity contribution in [1.82, 2.24) is 0 Å². The second-order valence-corrected chi connectivity index (χ2v) is 13.7. The molecule has 1 saturated carbocycles. The van der Waals surface area contributed by atoms with Crippen LogP contribution in [0.2, 0.25) is 5.02 Å². The number of rotatable bonds is 4. The molecule has 234 valence electrons. The van der Waals surface area contributed by atoms with Crippen LogP contribution in [0.1, 0.15) is 41.6 Å². The minimum absolute atomic E-state index is 0.0502. The molecule has 6 unspecified atom stereocenters. The molecule has 2 aliphatic carbocycles. The number of Topliss-reactive ketones (excluding diaryl/α,β-unsaturated/α-hetero) is 1. The first-order chi connectivity index (χ1) is 21.8. The monoisotopic (exact) mass is 680 g/mol. The van der Waals surface area contributed by atoms with E-state index in [2.05, 4.69) is 0 Å². The molecule has 4 aliphatic rings. The molecule has 46 heavy (non-hydrogen) atoms. The standard InChI is InChI=1S/C34H24Cl3FN2O6/c1-16(41)17-2-6-19(7-3-17)39-29(43)24-13-12-22-25(27(24)30(39)44)15-33(36)31(45)40(20-8-4-18(38)5-9-20)32(46)34(33,37)28(22)23-11-10-21(42)14-26(23)35/h2-12,14,24-25,27-28,42H,13,15H2,1H3. The summed E-state index contributed by atoms with van der Waals surface area (Å²) in [5.41, 5.74) is 1.60. The number of imide groups is 2. The Morgan fingerprint density at radius 3 is 2.13 bits per heavy atom. The number of anilines is 2. The lowest BCUT2D eigenvalue weighted by Gasteiger charge is -2.50. The Morgan fingerprint density at radius 2 is 1.50 bits per heavy atom. The number of hydrogen-bond acceptors (Lipinski definition) is 6. The van der Waals surface area contributed by atoms with Crippen LogP contribution in [0.3, 0.4) is 0 Å². The van der Waals surface area contributed by atoms with E-state index in [0.29, 0.717) is 22.4 Å².